The third-order valence-electron chi connectivity index (χ3n) is 4.68. The van der Waals surface area contributed by atoms with Crippen molar-refractivity contribution in [3.05, 3.63) is 23.9 Å². The van der Waals surface area contributed by atoms with Gasteiger partial charge < -0.3 is 15.4 Å². The van der Waals surface area contributed by atoms with E-state index in [1.807, 2.05) is 12.1 Å². The first kappa shape index (κ1) is 19.5. The van der Waals surface area contributed by atoms with Crippen molar-refractivity contribution in [2.45, 2.75) is 52.1 Å². The number of pyridine rings is 1. The van der Waals surface area contributed by atoms with Gasteiger partial charge in [-0.15, -0.1) is 0 Å². The van der Waals surface area contributed by atoms with E-state index in [-0.39, 0.29) is 0 Å². The van der Waals surface area contributed by atoms with E-state index in [1.165, 1.54) is 32.2 Å². The first-order valence-electron chi connectivity index (χ1n) is 9.52. The summed E-state index contributed by atoms with van der Waals surface area (Å²) >= 11 is 0. The lowest BCUT2D eigenvalue weighted by molar-refractivity contribution is 0.147. The monoisotopic (exact) mass is 347 g/mol. The van der Waals surface area contributed by atoms with Crippen LogP contribution in [0, 0.1) is 0 Å². The van der Waals surface area contributed by atoms with Crippen LogP contribution < -0.4 is 15.4 Å². The van der Waals surface area contributed by atoms with Gasteiger partial charge >= 0.3 is 0 Å². The fourth-order valence-corrected chi connectivity index (χ4v) is 3.31. The molecule has 1 aliphatic rings. The Kier molecular flexibility index (Phi) is 8.52. The summed E-state index contributed by atoms with van der Waals surface area (Å²) < 4.78 is 5.17. The smallest absolute Gasteiger partial charge is 0.213 e. The molecule has 6 heteroatoms. The van der Waals surface area contributed by atoms with Gasteiger partial charge in [0.05, 0.1) is 13.7 Å². The van der Waals surface area contributed by atoms with Crippen LogP contribution in [0.3, 0.4) is 0 Å². The van der Waals surface area contributed by atoms with E-state index in [9.17, 15) is 0 Å². The third kappa shape index (κ3) is 6.53. The summed E-state index contributed by atoms with van der Waals surface area (Å²) in [4.78, 5) is 11.4. The number of rotatable bonds is 8. The van der Waals surface area contributed by atoms with Gasteiger partial charge in [-0.1, -0.05) is 13.3 Å². The lowest BCUT2D eigenvalue weighted by Gasteiger charge is -2.35. The minimum absolute atomic E-state index is 0.607. The Bertz CT molecular complexity index is 534. The molecule has 25 heavy (non-hydrogen) atoms. The zero-order valence-electron chi connectivity index (χ0n) is 15.9. The van der Waals surface area contributed by atoms with E-state index < -0.39 is 0 Å². The largest absolute Gasteiger partial charge is 0.481 e. The molecule has 0 spiro atoms. The standard InChI is InChI=1S/C19H33N5O/c1-4-17-8-6-7-12-24(17)13-11-22-19(20-5-2)23-15-16-9-10-21-18(14-16)25-3/h9-10,14,17H,4-8,11-13,15H2,1-3H3,(H2,20,22,23). The number of ether oxygens (including phenoxy) is 1. The molecule has 1 atom stereocenters. The van der Waals surface area contributed by atoms with Crippen molar-refractivity contribution >= 4 is 5.96 Å². The van der Waals surface area contributed by atoms with Crippen LogP contribution in [0.4, 0.5) is 0 Å². The van der Waals surface area contributed by atoms with Crippen molar-refractivity contribution < 1.29 is 4.74 Å². The van der Waals surface area contributed by atoms with Gasteiger partial charge in [-0.25, -0.2) is 9.98 Å². The summed E-state index contributed by atoms with van der Waals surface area (Å²) in [6.45, 7) is 9.07. The molecule has 0 radical (unpaired) electrons. The van der Waals surface area contributed by atoms with E-state index in [0.717, 1.165) is 37.2 Å². The van der Waals surface area contributed by atoms with Gasteiger partial charge in [-0.3, -0.25) is 4.90 Å². The normalized spacial score (nSPS) is 18.8. The number of hydrogen-bond acceptors (Lipinski definition) is 4. The second-order valence-electron chi connectivity index (χ2n) is 6.42. The van der Waals surface area contributed by atoms with Crippen LogP contribution in [0.15, 0.2) is 23.3 Å². The fourth-order valence-electron chi connectivity index (χ4n) is 3.31. The van der Waals surface area contributed by atoms with Gasteiger partial charge in [0.25, 0.3) is 0 Å². The predicted octanol–water partition coefficient (Wildman–Crippen LogP) is 2.41. The zero-order valence-corrected chi connectivity index (χ0v) is 15.9. The highest BCUT2D eigenvalue weighted by molar-refractivity contribution is 5.79. The summed E-state index contributed by atoms with van der Waals surface area (Å²) in [5.41, 5.74) is 1.09. The van der Waals surface area contributed by atoms with E-state index in [4.69, 9.17) is 4.74 Å². The molecule has 140 valence electrons. The molecule has 0 saturated carbocycles. The van der Waals surface area contributed by atoms with Crippen LogP contribution in [-0.2, 0) is 6.54 Å². The van der Waals surface area contributed by atoms with E-state index in [2.05, 4.69) is 39.4 Å². The van der Waals surface area contributed by atoms with Crippen molar-refractivity contribution in [1.29, 1.82) is 0 Å². The van der Waals surface area contributed by atoms with Crippen LogP contribution in [-0.4, -0.2) is 55.2 Å². The van der Waals surface area contributed by atoms with Crippen molar-refractivity contribution in [1.82, 2.24) is 20.5 Å². The number of aromatic nitrogens is 1. The number of methoxy groups -OCH3 is 1. The highest BCUT2D eigenvalue weighted by atomic mass is 16.5. The number of piperidine rings is 1. The predicted molar refractivity (Wildman–Crippen MR) is 103 cm³/mol. The Balaban J connectivity index is 1.84. The number of aliphatic imine (C=N–C) groups is 1. The molecule has 2 heterocycles. The molecular formula is C19H33N5O. The lowest BCUT2D eigenvalue weighted by atomic mass is 10.0. The third-order valence-corrected chi connectivity index (χ3v) is 4.68. The molecule has 0 bridgehead atoms. The topological polar surface area (TPSA) is 61.8 Å². The number of guanidine groups is 1. The molecule has 1 aromatic rings. The Labute approximate surface area is 152 Å². The van der Waals surface area contributed by atoms with Gasteiger partial charge in [-0.05, 0) is 44.4 Å². The molecule has 0 aliphatic carbocycles. The van der Waals surface area contributed by atoms with Gasteiger partial charge in [0.15, 0.2) is 5.96 Å². The first-order chi connectivity index (χ1) is 12.3. The second-order valence-corrected chi connectivity index (χ2v) is 6.42. The summed E-state index contributed by atoms with van der Waals surface area (Å²) in [7, 11) is 1.63. The summed E-state index contributed by atoms with van der Waals surface area (Å²) in [6.07, 6.45) is 7.05. The van der Waals surface area contributed by atoms with Crippen molar-refractivity contribution in [2.24, 2.45) is 4.99 Å². The van der Waals surface area contributed by atoms with Crippen molar-refractivity contribution in [3.63, 3.8) is 0 Å². The zero-order chi connectivity index (χ0) is 17.9. The molecule has 1 saturated heterocycles. The minimum atomic E-state index is 0.607. The van der Waals surface area contributed by atoms with Crippen molar-refractivity contribution in [3.8, 4) is 5.88 Å². The summed E-state index contributed by atoms with van der Waals surface area (Å²) in [5.74, 6) is 1.49. The van der Waals surface area contributed by atoms with Crippen LogP contribution in [0.1, 0.15) is 45.1 Å². The molecule has 0 amide bonds. The maximum Gasteiger partial charge on any atom is 0.213 e. The van der Waals surface area contributed by atoms with Gasteiger partial charge in [0.2, 0.25) is 5.88 Å². The van der Waals surface area contributed by atoms with E-state index in [1.54, 1.807) is 13.3 Å². The van der Waals surface area contributed by atoms with E-state index >= 15 is 0 Å². The van der Waals surface area contributed by atoms with Crippen LogP contribution in [0.25, 0.3) is 0 Å². The molecule has 0 aromatic carbocycles. The molecule has 1 unspecified atom stereocenters. The lowest BCUT2D eigenvalue weighted by Crippen LogP contribution is -2.45. The summed E-state index contributed by atoms with van der Waals surface area (Å²) in [5, 5.41) is 6.78. The Morgan fingerprint density at radius 3 is 3.00 bits per heavy atom. The highest BCUT2D eigenvalue weighted by Crippen LogP contribution is 2.18. The van der Waals surface area contributed by atoms with Crippen molar-refractivity contribution in [2.75, 3.05) is 33.3 Å². The number of likely N-dealkylation sites (tertiary alicyclic amines) is 1. The van der Waals surface area contributed by atoms with Gasteiger partial charge in [0.1, 0.15) is 0 Å². The van der Waals surface area contributed by atoms with Crippen LogP contribution >= 0.6 is 0 Å². The van der Waals surface area contributed by atoms with E-state index in [0.29, 0.717) is 12.4 Å². The molecule has 1 aromatic heterocycles. The number of hydrogen-bond donors (Lipinski definition) is 2. The number of nitrogens with zero attached hydrogens (tertiary/aromatic N) is 3. The average Bonchev–Trinajstić information content (AvgIpc) is 2.66. The highest BCUT2D eigenvalue weighted by Gasteiger charge is 2.19. The molecule has 2 N–H and O–H groups in total. The fraction of sp³-hybridized carbons (Fsp3) is 0.684. The van der Waals surface area contributed by atoms with Crippen LogP contribution in [0.5, 0.6) is 5.88 Å². The molecule has 2 rings (SSSR count). The second kappa shape index (κ2) is 10.9. The molecule has 1 fully saturated rings. The minimum Gasteiger partial charge on any atom is -0.481 e. The Morgan fingerprint density at radius 1 is 1.36 bits per heavy atom. The molecule has 6 nitrogen and oxygen atoms in total. The van der Waals surface area contributed by atoms with Gasteiger partial charge in [-0.2, -0.15) is 0 Å². The van der Waals surface area contributed by atoms with Gasteiger partial charge in [0, 0.05) is 37.9 Å². The maximum absolute atomic E-state index is 5.17. The summed E-state index contributed by atoms with van der Waals surface area (Å²) in [6, 6.07) is 4.64. The maximum atomic E-state index is 5.17. The quantitative estimate of drug-likeness (QED) is 0.559. The molecule has 1 aliphatic heterocycles. The van der Waals surface area contributed by atoms with Crippen LogP contribution in [0.2, 0.25) is 0 Å². The molecular weight excluding hydrogens is 314 g/mol. The Hall–Kier alpha value is -1.82. The first-order valence-corrected chi connectivity index (χ1v) is 9.52. The Morgan fingerprint density at radius 2 is 2.24 bits per heavy atom. The number of nitrogens with one attached hydrogen (secondary N) is 2. The average molecular weight is 348 g/mol. The SMILES string of the molecule is CCNC(=NCc1ccnc(OC)c1)NCCN1CCCCC1CC.